The van der Waals surface area contributed by atoms with Gasteiger partial charge < -0.3 is 14.8 Å². The third kappa shape index (κ3) is 4.85. The molecule has 0 aromatic heterocycles. The lowest BCUT2D eigenvalue weighted by Crippen LogP contribution is -2.34. The number of hydrogen-bond acceptors (Lipinski definition) is 4. The van der Waals surface area contributed by atoms with Crippen LogP contribution < -0.4 is 10.1 Å². The number of carbonyl (C=O) groups is 2. The Kier molecular flexibility index (Phi) is 5.89. The van der Waals surface area contributed by atoms with Crippen LogP contribution in [0.25, 0.3) is 0 Å². The number of ether oxygens (including phenoxy) is 2. The Bertz CT molecular complexity index is 738. The van der Waals surface area contributed by atoms with E-state index in [0.29, 0.717) is 12.3 Å². The van der Waals surface area contributed by atoms with Crippen molar-refractivity contribution in [3.63, 3.8) is 0 Å². The number of carbonyl (C=O) groups excluding carboxylic acids is 2. The SMILES string of the molecule is C[C@@H](OC(=O)C1CCC1)C(=O)Nc1ccc(OCc2ccccc2)cc1. The Morgan fingerprint density at radius 1 is 1.08 bits per heavy atom. The van der Waals surface area contributed by atoms with Gasteiger partial charge in [0.15, 0.2) is 6.10 Å². The van der Waals surface area contributed by atoms with Gasteiger partial charge in [-0.3, -0.25) is 9.59 Å². The van der Waals surface area contributed by atoms with Gasteiger partial charge >= 0.3 is 5.97 Å². The first-order valence-corrected chi connectivity index (χ1v) is 8.90. The summed E-state index contributed by atoms with van der Waals surface area (Å²) in [5.41, 5.74) is 1.72. The molecule has 136 valence electrons. The van der Waals surface area contributed by atoms with Crippen LogP contribution in [0.15, 0.2) is 54.6 Å². The molecule has 0 radical (unpaired) electrons. The second kappa shape index (κ2) is 8.52. The van der Waals surface area contributed by atoms with Crippen LogP contribution in [0, 0.1) is 5.92 Å². The Morgan fingerprint density at radius 3 is 2.38 bits per heavy atom. The number of nitrogens with one attached hydrogen (secondary N) is 1. The lowest BCUT2D eigenvalue weighted by atomic mass is 9.86. The fourth-order valence-electron chi connectivity index (χ4n) is 2.59. The fraction of sp³-hybridized carbons (Fsp3) is 0.333. The Labute approximate surface area is 153 Å². The standard InChI is InChI=1S/C21H23NO4/c1-15(26-21(24)17-8-5-9-17)20(23)22-18-10-12-19(13-11-18)25-14-16-6-3-2-4-7-16/h2-4,6-7,10-13,15,17H,5,8-9,14H2,1H3,(H,22,23)/t15-/m1/s1. The van der Waals surface area contributed by atoms with E-state index in [1.54, 1.807) is 31.2 Å². The van der Waals surface area contributed by atoms with Crippen LogP contribution >= 0.6 is 0 Å². The average molecular weight is 353 g/mol. The molecule has 0 spiro atoms. The van der Waals surface area contributed by atoms with Gasteiger partial charge in [0, 0.05) is 5.69 Å². The van der Waals surface area contributed by atoms with Gasteiger partial charge in [-0.15, -0.1) is 0 Å². The quantitative estimate of drug-likeness (QED) is 0.766. The second-order valence-electron chi connectivity index (χ2n) is 6.49. The summed E-state index contributed by atoms with van der Waals surface area (Å²) in [4.78, 5) is 24.0. The normalized spacial score (nSPS) is 14.8. The van der Waals surface area contributed by atoms with E-state index in [-0.39, 0.29) is 17.8 Å². The average Bonchev–Trinajstić information content (AvgIpc) is 2.60. The van der Waals surface area contributed by atoms with E-state index in [1.165, 1.54) is 0 Å². The molecule has 0 bridgehead atoms. The number of rotatable bonds is 7. The maximum atomic E-state index is 12.2. The topological polar surface area (TPSA) is 64.6 Å². The molecular formula is C21H23NO4. The molecule has 1 aliphatic rings. The minimum absolute atomic E-state index is 0.0358. The largest absolute Gasteiger partial charge is 0.489 e. The lowest BCUT2D eigenvalue weighted by molar-refractivity contribution is -0.159. The van der Waals surface area contributed by atoms with Crippen molar-refractivity contribution in [2.45, 2.75) is 38.9 Å². The lowest BCUT2D eigenvalue weighted by Gasteiger charge is -2.24. The van der Waals surface area contributed by atoms with Crippen molar-refractivity contribution >= 4 is 17.6 Å². The van der Waals surface area contributed by atoms with Gasteiger partial charge in [0.2, 0.25) is 0 Å². The van der Waals surface area contributed by atoms with Gasteiger partial charge in [0.1, 0.15) is 12.4 Å². The summed E-state index contributed by atoms with van der Waals surface area (Å²) in [5, 5.41) is 2.75. The van der Waals surface area contributed by atoms with E-state index >= 15 is 0 Å². The number of anilines is 1. The Balaban J connectivity index is 1.47. The molecule has 1 amide bonds. The fourth-order valence-corrected chi connectivity index (χ4v) is 2.59. The molecule has 0 heterocycles. The first kappa shape index (κ1) is 18.0. The van der Waals surface area contributed by atoms with E-state index < -0.39 is 6.10 Å². The molecule has 0 aliphatic heterocycles. The highest BCUT2D eigenvalue weighted by Crippen LogP contribution is 2.28. The molecule has 26 heavy (non-hydrogen) atoms. The number of benzene rings is 2. The first-order valence-electron chi connectivity index (χ1n) is 8.90. The summed E-state index contributed by atoms with van der Waals surface area (Å²) < 4.78 is 10.9. The molecule has 2 aromatic rings. The molecule has 5 nitrogen and oxygen atoms in total. The van der Waals surface area contributed by atoms with Crippen molar-refractivity contribution in [2.75, 3.05) is 5.32 Å². The van der Waals surface area contributed by atoms with Crippen LogP contribution in [0.2, 0.25) is 0 Å². The number of esters is 1. The summed E-state index contributed by atoms with van der Waals surface area (Å²) in [6, 6.07) is 17.0. The van der Waals surface area contributed by atoms with Gasteiger partial charge in [-0.1, -0.05) is 36.8 Å². The van der Waals surface area contributed by atoms with E-state index in [4.69, 9.17) is 9.47 Å². The first-order chi connectivity index (χ1) is 12.6. The Hall–Kier alpha value is -2.82. The predicted molar refractivity (Wildman–Crippen MR) is 98.7 cm³/mol. The smallest absolute Gasteiger partial charge is 0.309 e. The highest BCUT2D eigenvalue weighted by molar-refractivity contribution is 5.95. The molecule has 1 N–H and O–H groups in total. The van der Waals surface area contributed by atoms with Crippen LogP contribution in [-0.2, 0) is 20.9 Å². The van der Waals surface area contributed by atoms with Crippen LogP contribution in [-0.4, -0.2) is 18.0 Å². The van der Waals surface area contributed by atoms with E-state index in [0.717, 1.165) is 30.6 Å². The van der Waals surface area contributed by atoms with Crippen LogP contribution in [0.4, 0.5) is 5.69 Å². The third-order valence-corrected chi connectivity index (χ3v) is 4.47. The number of amides is 1. The predicted octanol–water partition coefficient (Wildman–Crippen LogP) is 3.94. The maximum absolute atomic E-state index is 12.2. The van der Waals surface area contributed by atoms with Crippen LogP contribution in [0.5, 0.6) is 5.75 Å². The summed E-state index contributed by atoms with van der Waals surface area (Å²) in [5.74, 6) is 0.0711. The van der Waals surface area contributed by atoms with Crippen LogP contribution in [0.1, 0.15) is 31.7 Å². The van der Waals surface area contributed by atoms with Gasteiger partial charge in [-0.2, -0.15) is 0 Å². The molecule has 3 rings (SSSR count). The molecule has 1 saturated carbocycles. The van der Waals surface area contributed by atoms with Gasteiger partial charge in [-0.05, 0) is 49.6 Å². The summed E-state index contributed by atoms with van der Waals surface area (Å²) >= 11 is 0. The van der Waals surface area contributed by atoms with Crippen molar-refractivity contribution < 1.29 is 19.1 Å². The second-order valence-corrected chi connectivity index (χ2v) is 6.49. The monoisotopic (exact) mass is 353 g/mol. The Morgan fingerprint density at radius 2 is 1.77 bits per heavy atom. The molecule has 1 atom stereocenters. The zero-order chi connectivity index (χ0) is 18.4. The van der Waals surface area contributed by atoms with E-state index in [2.05, 4.69) is 5.32 Å². The zero-order valence-corrected chi connectivity index (χ0v) is 14.8. The van der Waals surface area contributed by atoms with Crippen molar-refractivity contribution in [3.8, 4) is 5.75 Å². The molecule has 0 unspecified atom stereocenters. The minimum atomic E-state index is -0.808. The molecule has 2 aromatic carbocycles. The van der Waals surface area contributed by atoms with Gasteiger partial charge in [0.25, 0.3) is 5.91 Å². The van der Waals surface area contributed by atoms with Crippen molar-refractivity contribution in [3.05, 3.63) is 60.2 Å². The highest BCUT2D eigenvalue weighted by Gasteiger charge is 2.29. The zero-order valence-electron chi connectivity index (χ0n) is 14.8. The van der Waals surface area contributed by atoms with Crippen molar-refractivity contribution in [2.24, 2.45) is 5.92 Å². The summed E-state index contributed by atoms with van der Waals surface area (Å²) in [6.45, 7) is 2.07. The maximum Gasteiger partial charge on any atom is 0.309 e. The summed E-state index contributed by atoms with van der Waals surface area (Å²) in [7, 11) is 0. The van der Waals surface area contributed by atoms with E-state index in [9.17, 15) is 9.59 Å². The van der Waals surface area contributed by atoms with Crippen molar-refractivity contribution in [1.82, 2.24) is 0 Å². The van der Waals surface area contributed by atoms with Crippen molar-refractivity contribution in [1.29, 1.82) is 0 Å². The minimum Gasteiger partial charge on any atom is -0.489 e. The molecular weight excluding hydrogens is 330 g/mol. The molecule has 1 fully saturated rings. The van der Waals surface area contributed by atoms with Crippen LogP contribution in [0.3, 0.4) is 0 Å². The summed E-state index contributed by atoms with van der Waals surface area (Å²) in [6.07, 6.45) is 1.96. The van der Waals surface area contributed by atoms with Gasteiger partial charge in [-0.25, -0.2) is 0 Å². The highest BCUT2D eigenvalue weighted by atomic mass is 16.5. The molecule has 1 aliphatic carbocycles. The molecule has 0 saturated heterocycles. The van der Waals surface area contributed by atoms with E-state index in [1.807, 2.05) is 30.3 Å². The third-order valence-electron chi connectivity index (χ3n) is 4.47. The molecule has 5 heteroatoms. The number of hydrogen-bond donors (Lipinski definition) is 1. The van der Waals surface area contributed by atoms with Gasteiger partial charge in [0.05, 0.1) is 5.92 Å².